The Morgan fingerprint density at radius 3 is 3.00 bits per heavy atom. The number of nitrogens with one attached hydrogen (secondary N) is 1. The molecule has 1 atom stereocenters. The van der Waals surface area contributed by atoms with Crippen molar-refractivity contribution < 1.29 is 0 Å². The number of aromatic nitrogens is 2. The van der Waals surface area contributed by atoms with Crippen LogP contribution in [0.1, 0.15) is 31.5 Å². The van der Waals surface area contributed by atoms with Gasteiger partial charge in [0, 0.05) is 38.1 Å². The normalized spacial score (nSPS) is 23.2. The van der Waals surface area contributed by atoms with Crippen LogP contribution in [-0.4, -0.2) is 40.6 Å². The van der Waals surface area contributed by atoms with Crippen LogP contribution in [0.3, 0.4) is 0 Å². The minimum Gasteiger partial charge on any atom is -0.333 e. The summed E-state index contributed by atoms with van der Waals surface area (Å²) in [5, 5.41) is 3.54. The molecule has 0 radical (unpaired) electrons. The molecule has 1 unspecified atom stereocenters. The van der Waals surface area contributed by atoms with E-state index < -0.39 is 0 Å². The lowest BCUT2D eigenvalue weighted by Crippen LogP contribution is -2.46. The van der Waals surface area contributed by atoms with Crippen molar-refractivity contribution in [2.75, 3.05) is 20.1 Å². The van der Waals surface area contributed by atoms with Gasteiger partial charge in [0.2, 0.25) is 0 Å². The van der Waals surface area contributed by atoms with Gasteiger partial charge in [0.1, 0.15) is 5.82 Å². The van der Waals surface area contributed by atoms with Crippen LogP contribution in [0.2, 0.25) is 0 Å². The summed E-state index contributed by atoms with van der Waals surface area (Å²) >= 11 is 0. The monoisotopic (exact) mass is 248 g/mol. The largest absolute Gasteiger partial charge is 0.333 e. The van der Waals surface area contributed by atoms with E-state index in [1.807, 2.05) is 6.20 Å². The van der Waals surface area contributed by atoms with E-state index >= 15 is 0 Å². The van der Waals surface area contributed by atoms with Crippen molar-refractivity contribution >= 4 is 0 Å². The van der Waals surface area contributed by atoms with E-state index in [2.05, 4.69) is 33.0 Å². The molecule has 100 valence electrons. The molecule has 2 heterocycles. The van der Waals surface area contributed by atoms with E-state index in [1.54, 1.807) is 0 Å². The highest BCUT2D eigenvalue weighted by Gasteiger charge is 2.27. The van der Waals surface area contributed by atoms with Gasteiger partial charge < -0.3 is 9.88 Å². The smallest absolute Gasteiger partial charge is 0.122 e. The predicted molar refractivity (Wildman–Crippen MR) is 72.3 cm³/mol. The zero-order chi connectivity index (χ0) is 12.4. The molecule has 4 heteroatoms. The molecule has 4 nitrogen and oxygen atoms in total. The number of rotatable bonds is 4. The number of imidazole rings is 1. The number of nitrogens with zero attached hydrogens (tertiary/aromatic N) is 3. The Morgan fingerprint density at radius 1 is 1.39 bits per heavy atom. The standard InChI is InChI=1S/C14H24N4/c1-15-13(12-4-2-3-5-12)10-17-8-9-18-7-6-16-14(18)11-17/h6-7,12-13,15H,2-5,8-11H2,1H3. The average molecular weight is 248 g/mol. The fraction of sp³-hybridized carbons (Fsp3) is 0.786. The molecule has 1 aliphatic heterocycles. The predicted octanol–water partition coefficient (Wildman–Crippen LogP) is 1.48. The second-order valence-electron chi connectivity index (χ2n) is 5.71. The van der Waals surface area contributed by atoms with Crippen LogP contribution >= 0.6 is 0 Å². The van der Waals surface area contributed by atoms with Gasteiger partial charge in [0.25, 0.3) is 0 Å². The lowest BCUT2D eigenvalue weighted by atomic mass is 9.97. The molecule has 0 amide bonds. The minimum atomic E-state index is 0.661. The number of likely N-dealkylation sites (N-methyl/N-ethyl adjacent to an activating group) is 1. The molecule has 0 bridgehead atoms. The topological polar surface area (TPSA) is 33.1 Å². The van der Waals surface area contributed by atoms with Gasteiger partial charge in [-0.05, 0) is 25.8 Å². The molecular weight excluding hydrogens is 224 g/mol. The molecule has 0 aromatic carbocycles. The fourth-order valence-corrected chi connectivity index (χ4v) is 3.49. The first-order chi connectivity index (χ1) is 8.86. The maximum atomic E-state index is 4.44. The molecule has 0 saturated heterocycles. The molecule has 3 rings (SSSR count). The van der Waals surface area contributed by atoms with Gasteiger partial charge in [-0.25, -0.2) is 4.98 Å². The molecule has 0 spiro atoms. The third-order valence-corrected chi connectivity index (χ3v) is 4.62. The first kappa shape index (κ1) is 12.2. The SMILES string of the molecule is CNC(CN1CCn2ccnc2C1)C1CCCC1. The average Bonchev–Trinajstić information content (AvgIpc) is 3.06. The Hall–Kier alpha value is -0.870. The lowest BCUT2D eigenvalue weighted by Gasteiger charge is -2.33. The minimum absolute atomic E-state index is 0.661. The Morgan fingerprint density at radius 2 is 2.22 bits per heavy atom. The van der Waals surface area contributed by atoms with Crippen molar-refractivity contribution in [3.05, 3.63) is 18.2 Å². The Kier molecular flexibility index (Phi) is 3.66. The van der Waals surface area contributed by atoms with E-state index in [4.69, 9.17) is 0 Å². The number of hydrogen-bond donors (Lipinski definition) is 1. The summed E-state index contributed by atoms with van der Waals surface area (Å²) in [5.41, 5.74) is 0. The molecule has 1 saturated carbocycles. The van der Waals surface area contributed by atoms with Crippen LogP contribution in [0.5, 0.6) is 0 Å². The van der Waals surface area contributed by atoms with Gasteiger partial charge in [-0.15, -0.1) is 0 Å². The quantitative estimate of drug-likeness (QED) is 0.876. The second kappa shape index (κ2) is 5.41. The summed E-state index contributed by atoms with van der Waals surface area (Å²) in [5.74, 6) is 2.11. The molecule has 1 fully saturated rings. The summed E-state index contributed by atoms with van der Waals surface area (Å²) in [6, 6.07) is 0.661. The van der Waals surface area contributed by atoms with Crippen molar-refractivity contribution in [2.45, 2.75) is 44.8 Å². The van der Waals surface area contributed by atoms with Gasteiger partial charge in [-0.1, -0.05) is 12.8 Å². The zero-order valence-corrected chi connectivity index (χ0v) is 11.3. The van der Waals surface area contributed by atoms with Gasteiger partial charge >= 0.3 is 0 Å². The van der Waals surface area contributed by atoms with Crippen molar-refractivity contribution in [1.82, 2.24) is 19.8 Å². The van der Waals surface area contributed by atoms with E-state index in [0.717, 1.165) is 25.6 Å². The number of fused-ring (bicyclic) bond motifs is 1. The zero-order valence-electron chi connectivity index (χ0n) is 11.3. The van der Waals surface area contributed by atoms with Gasteiger partial charge in [-0.3, -0.25) is 4.90 Å². The van der Waals surface area contributed by atoms with Crippen molar-refractivity contribution in [2.24, 2.45) is 5.92 Å². The van der Waals surface area contributed by atoms with Crippen LogP contribution < -0.4 is 5.32 Å². The summed E-state index contributed by atoms with van der Waals surface area (Å²) in [7, 11) is 2.12. The summed E-state index contributed by atoms with van der Waals surface area (Å²) in [4.78, 5) is 7.00. The Labute approximate surface area is 109 Å². The van der Waals surface area contributed by atoms with Gasteiger partial charge in [0.05, 0.1) is 6.54 Å². The summed E-state index contributed by atoms with van der Waals surface area (Å²) in [6.45, 7) is 4.44. The maximum Gasteiger partial charge on any atom is 0.122 e. The van der Waals surface area contributed by atoms with Crippen LogP contribution in [0.15, 0.2) is 12.4 Å². The first-order valence-corrected chi connectivity index (χ1v) is 7.26. The van der Waals surface area contributed by atoms with Crippen molar-refractivity contribution in [3.8, 4) is 0 Å². The molecule has 1 aromatic rings. The third-order valence-electron chi connectivity index (χ3n) is 4.62. The Bertz CT molecular complexity index is 381. The van der Waals surface area contributed by atoms with Crippen LogP contribution in [-0.2, 0) is 13.1 Å². The lowest BCUT2D eigenvalue weighted by molar-refractivity contribution is 0.175. The van der Waals surface area contributed by atoms with Crippen molar-refractivity contribution in [1.29, 1.82) is 0 Å². The van der Waals surface area contributed by atoms with Crippen LogP contribution in [0.4, 0.5) is 0 Å². The van der Waals surface area contributed by atoms with E-state index in [0.29, 0.717) is 6.04 Å². The summed E-state index contributed by atoms with van der Waals surface area (Å²) < 4.78 is 2.28. The highest BCUT2D eigenvalue weighted by Crippen LogP contribution is 2.28. The van der Waals surface area contributed by atoms with Crippen molar-refractivity contribution in [3.63, 3.8) is 0 Å². The molecule has 1 N–H and O–H groups in total. The molecule has 1 aliphatic carbocycles. The second-order valence-corrected chi connectivity index (χ2v) is 5.71. The highest BCUT2D eigenvalue weighted by atomic mass is 15.2. The molecule has 2 aliphatic rings. The van der Waals surface area contributed by atoms with Crippen LogP contribution in [0.25, 0.3) is 0 Å². The van der Waals surface area contributed by atoms with Gasteiger partial charge in [0.15, 0.2) is 0 Å². The summed E-state index contributed by atoms with van der Waals surface area (Å²) in [6.07, 6.45) is 9.69. The Balaban J connectivity index is 1.59. The van der Waals surface area contributed by atoms with Crippen LogP contribution in [0, 0.1) is 5.92 Å². The maximum absolute atomic E-state index is 4.44. The van der Waals surface area contributed by atoms with E-state index in [-0.39, 0.29) is 0 Å². The molecular formula is C14H24N4. The molecule has 1 aromatic heterocycles. The first-order valence-electron chi connectivity index (χ1n) is 7.26. The number of hydrogen-bond acceptors (Lipinski definition) is 3. The van der Waals surface area contributed by atoms with Gasteiger partial charge in [-0.2, -0.15) is 0 Å². The van der Waals surface area contributed by atoms with E-state index in [1.165, 1.54) is 38.1 Å². The molecule has 18 heavy (non-hydrogen) atoms. The third kappa shape index (κ3) is 2.45. The van der Waals surface area contributed by atoms with E-state index in [9.17, 15) is 0 Å². The fourth-order valence-electron chi connectivity index (χ4n) is 3.49. The highest BCUT2D eigenvalue weighted by molar-refractivity contribution is 4.96.